The first-order chi connectivity index (χ1) is 8.11. The first-order valence-electron chi connectivity index (χ1n) is 5.36. The fourth-order valence-corrected chi connectivity index (χ4v) is 1.74. The van der Waals surface area contributed by atoms with E-state index in [9.17, 15) is 4.79 Å². The number of carbonyl (C=O) groups is 1. The van der Waals surface area contributed by atoms with Crippen LogP contribution < -0.4 is 4.74 Å². The number of carbonyl (C=O) groups excluding carboxylic acids is 1. The Bertz CT molecular complexity index is 552. The zero-order chi connectivity index (χ0) is 12.4. The van der Waals surface area contributed by atoms with Gasteiger partial charge in [0, 0.05) is 5.56 Å². The van der Waals surface area contributed by atoms with Gasteiger partial charge >= 0.3 is 0 Å². The predicted molar refractivity (Wildman–Crippen MR) is 64.6 cm³/mol. The molecule has 0 N–H and O–H groups in total. The van der Waals surface area contributed by atoms with Crippen LogP contribution in [0.2, 0.25) is 0 Å². The van der Waals surface area contributed by atoms with Gasteiger partial charge in [0.2, 0.25) is 0 Å². The number of furan rings is 1. The fourth-order valence-electron chi connectivity index (χ4n) is 1.74. The molecule has 0 fully saturated rings. The largest absolute Gasteiger partial charge is 0.497 e. The average Bonchev–Trinajstić information content (AvgIpc) is 2.75. The molecule has 0 bridgehead atoms. The molecule has 0 amide bonds. The molecule has 0 saturated carbocycles. The smallest absolute Gasteiger partial charge is 0.196 e. The Morgan fingerprint density at radius 1 is 1.24 bits per heavy atom. The zero-order valence-corrected chi connectivity index (χ0v) is 10.1. The number of ether oxygens (including phenoxy) is 1. The molecule has 17 heavy (non-hydrogen) atoms. The van der Waals surface area contributed by atoms with Gasteiger partial charge in [0.15, 0.2) is 5.78 Å². The summed E-state index contributed by atoms with van der Waals surface area (Å²) >= 11 is 0. The van der Waals surface area contributed by atoms with Gasteiger partial charge < -0.3 is 9.15 Å². The average molecular weight is 230 g/mol. The number of hydrogen-bond donors (Lipinski definition) is 0. The summed E-state index contributed by atoms with van der Waals surface area (Å²) < 4.78 is 10.3. The van der Waals surface area contributed by atoms with Crippen molar-refractivity contribution >= 4 is 5.78 Å². The summed E-state index contributed by atoms with van der Waals surface area (Å²) in [5, 5.41) is 0. The highest BCUT2D eigenvalue weighted by molar-refractivity contribution is 6.09. The fraction of sp³-hybridized carbons (Fsp3) is 0.214. The monoisotopic (exact) mass is 230 g/mol. The molecule has 88 valence electrons. The zero-order valence-electron chi connectivity index (χ0n) is 10.1. The quantitative estimate of drug-likeness (QED) is 0.760. The van der Waals surface area contributed by atoms with E-state index in [4.69, 9.17) is 9.15 Å². The van der Waals surface area contributed by atoms with Crippen LogP contribution in [0.4, 0.5) is 0 Å². The second-order valence-electron chi connectivity index (χ2n) is 3.96. The number of rotatable bonds is 3. The van der Waals surface area contributed by atoms with Crippen LogP contribution in [0.25, 0.3) is 0 Å². The molecule has 0 saturated heterocycles. The van der Waals surface area contributed by atoms with E-state index in [1.807, 2.05) is 19.9 Å². The van der Waals surface area contributed by atoms with Gasteiger partial charge in [-0.25, -0.2) is 0 Å². The number of hydrogen-bond acceptors (Lipinski definition) is 3. The highest BCUT2D eigenvalue weighted by Gasteiger charge is 2.14. The molecule has 0 atom stereocenters. The molecule has 0 aliphatic rings. The van der Waals surface area contributed by atoms with Crippen molar-refractivity contribution in [2.24, 2.45) is 0 Å². The van der Waals surface area contributed by atoms with Crippen LogP contribution >= 0.6 is 0 Å². The summed E-state index contributed by atoms with van der Waals surface area (Å²) in [6.07, 6.45) is 1.49. The van der Waals surface area contributed by atoms with Crippen LogP contribution in [-0.4, -0.2) is 12.9 Å². The summed E-state index contributed by atoms with van der Waals surface area (Å²) in [5.74, 6) is 1.46. The molecule has 1 aromatic carbocycles. The van der Waals surface area contributed by atoms with Crippen molar-refractivity contribution < 1.29 is 13.9 Å². The maximum absolute atomic E-state index is 12.2. The van der Waals surface area contributed by atoms with E-state index >= 15 is 0 Å². The molecule has 2 rings (SSSR count). The van der Waals surface area contributed by atoms with Gasteiger partial charge in [-0.2, -0.15) is 0 Å². The van der Waals surface area contributed by atoms with Crippen LogP contribution in [0, 0.1) is 13.8 Å². The lowest BCUT2D eigenvalue weighted by atomic mass is 10.0. The Balaban J connectivity index is 2.37. The van der Waals surface area contributed by atoms with E-state index in [2.05, 4.69) is 0 Å². The van der Waals surface area contributed by atoms with Crippen LogP contribution in [0.15, 0.2) is 34.9 Å². The topological polar surface area (TPSA) is 39.4 Å². The molecule has 3 heteroatoms. The molecule has 2 aromatic rings. The van der Waals surface area contributed by atoms with Crippen LogP contribution in [0.1, 0.15) is 27.2 Å². The minimum absolute atomic E-state index is 0.0259. The van der Waals surface area contributed by atoms with Gasteiger partial charge in [-0.15, -0.1) is 0 Å². The van der Waals surface area contributed by atoms with E-state index in [1.165, 1.54) is 6.26 Å². The Morgan fingerprint density at radius 3 is 2.53 bits per heavy atom. The van der Waals surface area contributed by atoms with Gasteiger partial charge in [0.05, 0.1) is 12.7 Å². The third-order valence-electron chi connectivity index (χ3n) is 2.67. The van der Waals surface area contributed by atoms with Crippen LogP contribution in [-0.2, 0) is 0 Å². The SMILES string of the molecule is COc1ccc(C(=O)c2coc(C)c2)c(C)c1. The number of methoxy groups -OCH3 is 1. The second-order valence-corrected chi connectivity index (χ2v) is 3.96. The number of benzene rings is 1. The molecule has 0 aliphatic heterocycles. The Morgan fingerprint density at radius 2 is 2.00 bits per heavy atom. The van der Waals surface area contributed by atoms with Gasteiger partial charge in [0.1, 0.15) is 17.8 Å². The Kier molecular flexibility index (Phi) is 3.00. The Labute approximate surface area is 100 Å². The van der Waals surface area contributed by atoms with Crippen LogP contribution in [0.5, 0.6) is 5.75 Å². The third kappa shape index (κ3) is 2.23. The molecule has 0 aliphatic carbocycles. The molecule has 0 radical (unpaired) electrons. The van der Waals surface area contributed by atoms with Gasteiger partial charge in [-0.1, -0.05) is 0 Å². The summed E-state index contributed by atoms with van der Waals surface area (Å²) in [7, 11) is 1.61. The molecular weight excluding hydrogens is 216 g/mol. The van der Waals surface area contributed by atoms with Crippen LogP contribution in [0.3, 0.4) is 0 Å². The maximum Gasteiger partial charge on any atom is 0.196 e. The number of ketones is 1. The van der Waals surface area contributed by atoms with Crippen molar-refractivity contribution in [2.45, 2.75) is 13.8 Å². The minimum atomic E-state index is -0.0259. The van der Waals surface area contributed by atoms with Gasteiger partial charge in [-0.3, -0.25) is 4.79 Å². The van der Waals surface area contributed by atoms with Gasteiger partial charge in [-0.05, 0) is 43.7 Å². The third-order valence-corrected chi connectivity index (χ3v) is 2.67. The summed E-state index contributed by atoms with van der Waals surface area (Å²) in [6.45, 7) is 3.71. The molecular formula is C14H14O3. The van der Waals surface area contributed by atoms with Crippen molar-refractivity contribution in [2.75, 3.05) is 7.11 Å². The van der Waals surface area contributed by atoms with Crippen molar-refractivity contribution in [3.05, 3.63) is 53.0 Å². The lowest BCUT2D eigenvalue weighted by Crippen LogP contribution is -2.02. The minimum Gasteiger partial charge on any atom is -0.497 e. The Hall–Kier alpha value is -2.03. The van der Waals surface area contributed by atoms with E-state index in [0.717, 1.165) is 17.1 Å². The lowest BCUT2D eigenvalue weighted by molar-refractivity contribution is 0.103. The first kappa shape index (κ1) is 11.5. The molecule has 1 aromatic heterocycles. The second kappa shape index (κ2) is 4.45. The molecule has 1 heterocycles. The highest BCUT2D eigenvalue weighted by Crippen LogP contribution is 2.20. The highest BCUT2D eigenvalue weighted by atomic mass is 16.5. The summed E-state index contributed by atoms with van der Waals surface area (Å²) in [4.78, 5) is 12.2. The van der Waals surface area contributed by atoms with E-state index in [-0.39, 0.29) is 5.78 Å². The maximum atomic E-state index is 12.2. The van der Waals surface area contributed by atoms with Crippen molar-refractivity contribution in [1.82, 2.24) is 0 Å². The van der Waals surface area contributed by atoms with Gasteiger partial charge in [0.25, 0.3) is 0 Å². The molecule has 0 unspecified atom stereocenters. The predicted octanol–water partition coefficient (Wildman–Crippen LogP) is 3.14. The van der Waals surface area contributed by atoms with E-state index in [0.29, 0.717) is 11.1 Å². The number of aryl methyl sites for hydroxylation is 2. The molecule has 0 spiro atoms. The van der Waals surface area contributed by atoms with Crippen molar-refractivity contribution in [3.63, 3.8) is 0 Å². The normalized spacial score (nSPS) is 10.3. The van der Waals surface area contributed by atoms with E-state index in [1.54, 1.807) is 25.3 Å². The summed E-state index contributed by atoms with van der Waals surface area (Å²) in [5.41, 5.74) is 2.15. The first-order valence-corrected chi connectivity index (χ1v) is 5.36. The summed E-state index contributed by atoms with van der Waals surface area (Å²) in [6, 6.07) is 7.15. The van der Waals surface area contributed by atoms with Crippen molar-refractivity contribution in [3.8, 4) is 5.75 Å². The van der Waals surface area contributed by atoms with E-state index < -0.39 is 0 Å². The van der Waals surface area contributed by atoms with Crippen molar-refractivity contribution in [1.29, 1.82) is 0 Å². The lowest BCUT2D eigenvalue weighted by Gasteiger charge is -2.05. The molecule has 3 nitrogen and oxygen atoms in total. The standard InChI is InChI=1S/C14H14O3/c1-9-6-12(16-3)4-5-13(9)14(15)11-7-10(2)17-8-11/h4-8H,1-3H3.